The summed E-state index contributed by atoms with van der Waals surface area (Å²) in [6.45, 7) is 1.57. The Morgan fingerprint density at radius 1 is 1.25 bits per heavy atom. The number of carbonyl (C=O) groups excluding carboxylic acids is 2. The van der Waals surface area contributed by atoms with Gasteiger partial charge in [-0.05, 0) is 24.5 Å². The molecule has 0 N–H and O–H groups in total. The van der Waals surface area contributed by atoms with Crippen molar-refractivity contribution in [3.8, 4) is 0 Å². The zero-order chi connectivity index (χ0) is 17.1. The molecule has 4 rings (SSSR count). The van der Waals surface area contributed by atoms with Gasteiger partial charge in [0.1, 0.15) is 17.2 Å². The molecular weight excluding hydrogens is 330 g/mol. The Morgan fingerprint density at radius 2 is 1.96 bits per heavy atom. The Bertz CT molecular complexity index is 858. The van der Waals surface area contributed by atoms with E-state index in [0.29, 0.717) is 5.57 Å². The Labute approximate surface area is 140 Å². The Kier molecular flexibility index (Phi) is 3.32. The summed E-state index contributed by atoms with van der Waals surface area (Å²) in [7, 11) is -3.40. The number of amides is 1. The highest BCUT2D eigenvalue weighted by Crippen LogP contribution is 2.44. The number of sulfone groups is 1. The minimum atomic E-state index is -3.40. The largest absolute Gasteiger partial charge is 0.457 e. The summed E-state index contributed by atoms with van der Waals surface area (Å²) < 4.78 is 29.6. The molecule has 0 aromatic heterocycles. The van der Waals surface area contributed by atoms with Gasteiger partial charge in [-0.25, -0.2) is 13.2 Å². The molecule has 2 fully saturated rings. The van der Waals surface area contributed by atoms with Crippen molar-refractivity contribution >= 4 is 21.7 Å². The Morgan fingerprint density at radius 3 is 2.62 bits per heavy atom. The maximum Gasteiger partial charge on any atom is 0.355 e. The van der Waals surface area contributed by atoms with Gasteiger partial charge in [0.15, 0.2) is 9.84 Å². The van der Waals surface area contributed by atoms with Crippen molar-refractivity contribution in [1.82, 2.24) is 4.90 Å². The third-order valence-electron chi connectivity index (χ3n) is 4.79. The summed E-state index contributed by atoms with van der Waals surface area (Å²) in [5, 5.41) is -0.902. The van der Waals surface area contributed by atoms with Crippen molar-refractivity contribution in [3.05, 3.63) is 47.2 Å². The van der Waals surface area contributed by atoms with E-state index in [-0.39, 0.29) is 35.8 Å². The zero-order valence-corrected chi connectivity index (χ0v) is 14.0. The number of benzene rings is 1. The minimum absolute atomic E-state index is 0.0531. The van der Waals surface area contributed by atoms with Crippen LogP contribution in [0.3, 0.4) is 0 Å². The van der Waals surface area contributed by atoms with Crippen LogP contribution < -0.4 is 0 Å². The van der Waals surface area contributed by atoms with Gasteiger partial charge < -0.3 is 4.74 Å². The summed E-state index contributed by atoms with van der Waals surface area (Å²) in [4.78, 5) is 25.4. The number of hydrogen-bond acceptors (Lipinski definition) is 5. The van der Waals surface area contributed by atoms with Crippen molar-refractivity contribution in [2.24, 2.45) is 0 Å². The van der Waals surface area contributed by atoms with Gasteiger partial charge in [0.2, 0.25) is 5.91 Å². The fourth-order valence-electron chi connectivity index (χ4n) is 3.43. The number of nitrogens with zero attached hydrogens (tertiary/aromatic N) is 1. The van der Waals surface area contributed by atoms with Crippen LogP contribution in [0.1, 0.15) is 31.2 Å². The highest BCUT2D eigenvalue weighted by Gasteiger charge is 2.53. The molecule has 24 heavy (non-hydrogen) atoms. The van der Waals surface area contributed by atoms with E-state index in [1.54, 1.807) is 6.92 Å². The van der Waals surface area contributed by atoms with E-state index >= 15 is 0 Å². The molecule has 0 bridgehead atoms. The molecular formula is C17H17NO5S. The van der Waals surface area contributed by atoms with E-state index in [4.69, 9.17) is 4.74 Å². The molecule has 1 aromatic rings. The van der Waals surface area contributed by atoms with Crippen molar-refractivity contribution in [2.45, 2.75) is 37.2 Å². The third-order valence-corrected chi connectivity index (χ3v) is 6.84. The molecule has 0 spiro atoms. The first-order chi connectivity index (χ1) is 11.4. The number of ether oxygens (including phenoxy) is 1. The molecule has 1 saturated carbocycles. The van der Waals surface area contributed by atoms with Gasteiger partial charge in [-0.15, -0.1) is 0 Å². The predicted octanol–water partition coefficient (Wildman–Crippen LogP) is 1.35. The van der Waals surface area contributed by atoms with Gasteiger partial charge in [0.25, 0.3) is 0 Å². The number of β-lactam (4-membered cyclic amide) rings is 1. The molecule has 126 valence electrons. The topological polar surface area (TPSA) is 80.8 Å². The number of fused-ring (bicyclic) bond motifs is 1. The number of esters is 1. The molecule has 7 heteroatoms. The lowest BCUT2D eigenvalue weighted by Gasteiger charge is -2.43. The highest BCUT2D eigenvalue weighted by molar-refractivity contribution is 7.92. The summed E-state index contributed by atoms with van der Waals surface area (Å²) in [6.07, 6.45) is 0.480. The van der Waals surface area contributed by atoms with E-state index in [0.717, 1.165) is 16.9 Å². The van der Waals surface area contributed by atoms with Crippen molar-refractivity contribution in [2.75, 3.05) is 5.75 Å². The first kappa shape index (κ1) is 15.4. The van der Waals surface area contributed by atoms with E-state index in [1.807, 2.05) is 30.3 Å². The predicted molar refractivity (Wildman–Crippen MR) is 85.4 cm³/mol. The zero-order valence-electron chi connectivity index (χ0n) is 13.1. The molecule has 2 aliphatic heterocycles. The fraction of sp³-hybridized carbons (Fsp3) is 0.412. The van der Waals surface area contributed by atoms with Crippen LogP contribution in [0.15, 0.2) is 41.6 Å². The van der Waals surface area contributed by atoms with Gasteiger partial charge >= 0.3 is 5.97 Å². The Balaban J connectivity index is 1.52. The first-order valence-electron chi connectivity index (χ1n) is 7.88. The molecule has 2 heterocycles. The standard InChI is InChI=1S/C17H17NO5S/c1-10-9-24(21,22)15-8-14(19)18(15)16(10)17(20)23-13-7-12(13)11-5-3-2-4-6-11/h2-6,12-13,15H,7-9H2,1H3/t12?,13?,15-/m0/s1. The lowest BCUT2D eigenvalue weighted by atomic mass is 10.1. The van der Waals surface area contributed by atoms with Crippen LogP contribution in [0.5, 0.6) is 0 Å². The van der Waals surface area contributed by atoms with Crippen LogP contribution in [-0.4, -0.2) is 42.4 Å². The molecule has 2 unspecified atom stereocenters. The number of hydrogen-bond donors (Lipinski definition) is 0. The van der Waals surface area contributed by atoms with Crippen LogP contribution in [-0.2, 0) is 24.2 Å². The highest BCUT2D eigenvalue weighted by atomic mass is 32.2. The first-order valence-corrected chi connectivity index (χ1v) is 9.59. The second-order valence-electron chi connectivity index (χ2n) is 6.56. The third kappa shape index (κ3) is 2.34. The summed E-state index contributed by atoms with van der Waals surface area (Å²) >= 11 is 0. The van der Waals surface area contributed by atoms with E-state index in [9.17, 15) is 18.0 Å². The fourth-order valence-corrected chi connectivity index (χ4v) is 5.31. The second kappa shape index (κ2) is 5.17. The SMILES string of the molecule is CC1=C(C(=O)OC2CC2c2ccccc2)N2C(=O)C[C@@H]2S(=O)(=O)C1. The molecule has 3 atom stereocenters. The molecule has 1 aromatic carbocycles. The van der Waals surface area contributed by atoms with Gasteiger partial charge in [0.05, 0.1) is 12.2 Å². The average Bonchev–Trinajstić information content (AvgIpc) is 3.28. The second-order valence-corrected chi connectivity index (χ2v) is 8.71. The molecule has 1 saturated heterocycles. The van der Waals surface area contributed by atoms with E-state index in [1.165, 1.54) is 0 Å². The minimum Gasteiger partial charge on any atom is -0.457 e. The summed E-state index contributed by atoms with van der Waals surface area (Å²) in [5.41, 5.74) is 1.61. The normalized spacial score (nSPS) is 30.5. The van der Waals surface area contributed by atoms with Crippen LogP contribution >= 0.6 is 0 Å². The van der Waals surface area contributed by atoms with Gasteiger partial charge in [-0.1, -0.05) is 30.3 Å². The number of carbonyl (C=O) groups is 2. The summed E-state index contributed by atoms with van der Waals surface area (Å²) in [6, 6.07) is 9.79. The lowest BCUT2D eigenvalue weighted by molar-refractivity contribution is -0.150. The maximum atomic E-state index is 12.5. The van der Waals surface area contributed by atoms with Gasteiger partial charge in [-0.3, -0.25) is 9.69 Å². The Hall–Kier alpha value is -2.15. The van der Waals surface area contributed by atoms with Gasteiger partial charge in [0, 0.05) is 5.92 Å². The molecule has 6 nitrogen and oxygen atoms in total. The van der Waals surface area contributed by atoms with Crippen molar-refractivity contribution in [1.29, 1.82) is 0 Å². The van der Waals surface area contributed by atoms with Gasteiger partial charge in [-0.2, -0.15) is 0 Å². The quantitative estimate of drug-likeness (QED) is 0.609. The molecule has 3 aliphatic rings. The molecule has 1 aliphatic carbocycles. The van der Waals surface area contributed by atoms with Crippen LogP contribution in [0, 0.1) is 0 Å². The lowest BCUT2D eigenvalue weighted by Crippen LogP contribution is -2.60. The monoisotopic (exact) mass is 347 g/mol. The molecule has 0 radical (unpaired) electrons. The van der Waals surface area contributed by atoms with Crippen LogP contribution in [0.25, 0.3) is 0 Å². The van der Waals surface area contributed by atoms with E-state index < -0.39 is 21.2 Å². The van der Waals surface area contributed by atoms with Crippen LogP contribution in [0.4, 0.5) is 0 Å². The number of rotatable bonds is 3. The smallest absolute Gasteiger partial charge is 0.355 e. The molecule has 1 amide bonds. The maximum absolute atomic E-state index is 12.5. The van der Waals surface area contributed by atoms with E-state index in [2.05, 4.69) is 0 Å². The average molecular weight is 347 g/mol. The van der Waals surface area contributed by atoms with Crippen LogP contribution in [0.2, 0.25) is 0 Å². The summed E-state index contributed by atoms with van der Waals surface area (Å²) in [5.74, 6) is -0.960. The van der Waals surface area contributed by atoms with Crippen molar-refractivity contribution < 1.29 is 22.7 Å². The van der Waals surface area contributed by atoms with Crippen molar-refractivity contribution in [3.63, 3.8) is 0 Å².